The first-order valence-electron chi connectivity index (χ1n) is 10.1. The normalized spacial score (nSPS) is 16.8. The zero-order chi connectivity index (χ0) is 29.7. The van der Waals surface area contributed by atoms with E-state index in [1.165, 1.54) is 18.2 Å². The molecule has 16 heteroatoms. The van der Waals surface area contributed by atoms with E-state index in [1.54, 1.807) is 13.8 Å². The fourth-order valence-corrected chi connectivity index (χ4v) is 3.47. The number of hydrogen-bond donors (Lipinski definition) is 0. The smallest absolute Gasteiger partial charge is 0.374 e. The Morgan fingerprint density at radius 3 is 1.46 bits per heavy atom. The maximum atomic E-state index is 14.6. The fourth-order valence-electron chi connectivity index (χ4n) is 3.47. The van der Waals surface area contributed by atoms with Crippen molar-refractivity contribution in [3.8, 4) is 0 Å². The van der Waals surface area contributed by atoms with Gasteiger partial charge in [0.25, 0.3) is 0 Å². The van der Waals surface area contributed by atoms with Gasteiger partial charge in [0.05, 0.1) is 12.0 Å². The number of methoxy groups -OCH3 is 1. The van der Waals surface area contributed by atoms with Crippen molar-refractivity contribution in [3.05, 3.63) is 35.4 Å². The standard InChI is InChI=1S/C21H21F15O/c1-11(2)9-12-7-5-6-8-13(12)14(3,37-4)10-15(22,23)16(24,25)17(26,27)18(28,29)19(30,31)20(32,33)21(34,35)36/h5-8,11H,9-10H2,1-4H3. The molecule has 1 aromatic rings. The molecule has 0 amide bonds. The van der Waals surface area contributed by atoms with Crippen LogP contribution in [0.25, 0.3) is 0 Å². The predicted molar refractivity (Wildman–Crippen MR) is 99.7 cm³/mol. The van der Waals surface area contributed by atoms with Crippen LogP contribution in [-0.2, 0) is 16.8 Å². The average Bonchev–Trinajstić information content (AvgIpc) is 2.71. The molecule has 216 valence electrons. The van der Waals surface area contributed by atoms with Crippen LogP contribution in [0.3, 0.4) is 0 Å². The van der Waals surface area contributed by atoms with Crippen molar-refractivity contribution in [1.29, 1.82) is 0 Å². The molecule has 0 aliphatic heterocycles. The number of benzene rings is 1. The number of rotatable bonds is 11. The maximum Gasteiger partial charge on any atom is 0.460 e. The molecule has 37 heavy (non-hydrogen) atoms. The predicted octanol–water partition coefficient (Wildman–Crippen LogP) is 8.51. The molecule has 1 aromatic carbocycles. The highest BCUT2D eigenvalue weighted by Crippen LogP contribution is 2.63. The van der Waals surface area contributed by atoms with E-state index in [1.807, 2.05) is 0 Å². The van der Waals surface area contributed by atoms with Crippen molar-refractivity contribution in [2.45, 2.75) is 80.9 Å². The fraction of sp³-hybridized carbons (Fsp3) is 0.714. The van der Waals surface area contributed by atoms with Gasteiger partial charge in [-0.2, -0.15) is 65.9 Å². The molecule has 1 unspecified atom stereocenters. The minimum Gasteiger partial charge on any atom is -0.374 e. The number of hydrogen-bond acceptors (Lipinski definition) is 1. The zero-order valence-corrected chi connectivity index (χ0v) is 19.4. The van der Waals surface area contributed by atoms with E-state index in [-0.39, 0.29) is 23.5 Å². The summed E-state index contributed by atoms with van der Waals surface area (Å²) in [4.78, 5) is 0. The molecule has 0 saturated carbocycles. The van der Waals surface area contributed by atoms with Crippen LogP contribution in [0, 0.1) is 5.92 Å². The largest absolute Gasteiger partial charge is 0.460 e. The van der Waals surface area contributed by atoms with Crippen LogP contribution in [0.15, 0.2) is 24.3 Å². The highest BCUT2D eigenvalue weighted by Gasteiger charge is 2.93. The highest BCUT2D eigenvalue weighted by molar-refractivity contribution is 5.33. The first-order valence-corrected chi connectivity index (χ1v) is 10.1. The first-order chi connectivity index (χ1) is 16.2. The van der Waals surface area contributed by atoms with Crippen LogP contribution in [0.1, 0.15) is 38.3 Å². The van der Waals surface area contributed by atoms with Crippen molar-refractivity contribution in [2.75, 3.05) is 7.11 Å². The topological polar surface area (TPSA) is 9.23 Å². The zero-order valence-electron chi connectivity index (χ0n) is 19.4. The SMILES string of the molecule is COC(C)(CC(F)(F)C(F)(F)C(F)(F)C(F)(F)C(F)(F)C(F)(F)C(F)(F)F)c1ccccc1CC(C)C. The lowest BCUT2D eigenvalue weighted by Crippen LogP contribution is -2.72. The number of halogens is 15. The summed E-state index contributed by atoms with van der Waals surface area (Å²) in [5, 5.41) is 0. The molecule has 0 heterocycles. The van der Waals surface area contributed by atoms with Crippen molar-refractivity contribution in [1.82, 2.24) is 0 Å². The van der Waals surface area contributed by atoms with E-state index in [4.69, 9.17) is 4.74 Å². The van der Waals surface area contributed by atoms with Crippen LogP contribution >= 0.6 is 0 Å². The Labute approximate surface area is 201 Å². The van der Waals surface area contributed by atoms with Crippen LogP contribution in [-0.4, -0.2) is 48.8 Å². The van der Waals surface area contributed by atoms with Gasteiger partial charge in [0.1, 0.15) is 0 Å². The summed E-state index contributed by atoms with van der Waals surface area (Å²) in [5.74, 6) is -46.9. The van der Waals surface area contributed by atoms with E-state index in [0.29, 0.717) is 14.0 Å². The molecule has 1 nitrogen and oxygen atoms in total. The van der Waals surface area contributed by atoms with Crippen molar-refractivity contribution in [2.24, 2.45) is 5.92 Å². The van der Waals surface area contributed by atoms with E-state index >= 15 is 0 Å². The van der Waals surface area contributed by atoms with Gasteiger partial charge in [-0.1, -0.05) is 38.1 Å². The van der Waals surface area contributed by atoms with Gasteiger partial charge < -0.3 is 4.74 Å². The van der Waals surface area contributed by atoms with Gasteiger partial charge in [-0.3, -0.25) is 0 Å². The van der Waals surface area contributed by atoms with Crippen molar-refractivity contribution in [3.63, 3.8) is 0 Å². The van der Waals surface area contributed by atoms with Gasteiger partial charge in [-0.25, -0.2) is 0 Å². The van der Waals surface area contributed by atoms with Gasteiger partial charge in [0.15, 0.2) is 0 Å². The molecule has 0 aromatic heterocycles. The molecular weight excluding hydrogens is 553 g/mol. The molecular formula is C21H21F15O. The summed E-state index contributed by atoms with van der Waals surface area (Å²) in [6, 6.07) is 4.92. The summed E-state index contributed by atoms with van der Waals surface area (Å²) in [6.45, 7) is 3.94. The van der Waals surface area contributed by atoms with Crippen LogP contribution in [0.2, 0.25) is 0 Å². The van der Waals surface area contributed by atoms with Gasteiger partial charge in [0, 0.05) is 7.11 Å². The van der Waals surface area contributed by atoms with Gasteiger partial charge in [-0.05, 0) is 30.4 Å². The van der Waals surface area contributed by atoms with Crippen molar-refractivity contribution >= 4 is 0 Å². The Hall–Kier alpha value is -1.87. The lowest BCUT2D eigenvalue weighted by atomic mass is 9.81. The quantitative estimate of drug-likeness (QED) is 0.241. The summed E-state index contributed by atoms with van der Waals surface area (Å²) in [7, 11) is 0.644. The number of ether oxygens (including phenoxy) is 1. The van der Waals surface area contributed by atoms with Crippen LogP contribution < -0.4 is 0 Å². The highest BCUT2D eigenvalue weighted by atomic mass is 19.4. The lowest BCUT2D eigenvalue weighted by molar-refractivity contribution is -0.453. The molecule has 0 radical (unpaired) electrons. The Balaban J connectivity index is 3.65. The molecule has 0 spiro atoms. The average molecular weight is 574 g/mol. The molecule has 0 N–H and O–H groups in total. The van der Waals surface area contributed by atoms with Gasteiger partial charge >= 0.3 is 41.7 Å². The Kier molecular flexibility index (Phi) is 8.70. The Morgan fingerprint density at radius 1 is 0.649 bits per heavy atom. The summed E-state index contributed by atoms with van der Waals surface area (Å²) in [5.41, 5.74) is -2.83. The minimum atomic E-state index is -8.31. The summed E-state index contributed by atoms with van der Waals surface area (Å²) < 4.78 is 208. The maximum absolute atomic E-state index is 14.6. The van der Waals surface area contributed by atoms with Gasteiger partial charge in [-0.15, -0.1) is 0 Å². The third-order valence-electron chi connectivity index (χ3n) is 5.62. The summed E-state index contributed by atoms with van der Waals surface area (Å²) >= 11 is 0. The Morgan fingerprint density at radius 2 is 1.05 bits per heavy atom. The monoisotopic (exact) mass is 574 g/mol. The van der Waals surface area contributed by atoms with Crippen molar-refractivity contribution < 1.29 is 70.6 Å². The number of alkyl halides is 15. The minimum absolute atomic E-state index is 0.0874. The Bertz CT molecular complexity index is 936. The second-order valence-corrected chi connectivity index (χ2v) is 8.94. The van der Waals surface area contributed by atoms with E-state index in [9.17, 15) is 65.9 Å². The second-order valence-electron chi connectivity index (χ2n) is 8.94. The third kappa shape index (κ3) is 5.22. The molecule has 1 atom stereocenters. The molecule has 0 fully saturated rings. The molecule has 1 rings (SSSR count). The lowest BCUT2D eigenvalue weighted by Gasteiger charge is -2.43. The molecule has 0 saturated heterocycles. The molecule has 0 aliphatic carbocycles. The summed E-state index contributed by atoms with van der Waals surface area (Å²) in [6.07, 6.45) is -10.1. The first kappa shape index (κ1) is 33.2. The van der Waals surface area contributed by atoms with Crippen LogP contribution in [0.4, 0.5) is 65.9 Å². The second kappa shape index (κ2) is 9.70. The molecule has 0 aliphatic rings. The van der Waals surface area contributed by atoms with E-state index in [2.05, 4.69) is 0 Å². The third-order valence-corrected chi connectivity index (χ3v) is 5.62. The van der Waals surface area contributed by atoms with E-state index in [0.717, 1.165) is 6.07 Å². The van der Waals surface area contributed by atoms with E-state index < -0.39 is 53.7 Å². The van der Waals surface area contributed by atoms with Crippen LogP contribution in [0.5, 0.6) is 0 Å². The molecule has 0 bridgehead atoms. The van der Waals surface area contributed by atoms with Gasteiger partial charge in [0.2, 0.25) is 0 Å².